The van der Waals surface area contributed by atoms with Crippen LogP contribution in [0.5, 0.6) is 0 Å². The van der Waals surface area contributed by atoms with Gasteiger partial charge in [0.1, 0.15) is 0 Å². The van der Waals surface area contributed by atoms with Gasteiger partial charge in [-0.1, -0.05) is 13.8 Å². The topological polar surface area (TPSA) is 58.2 Å². The lowest BCUT2D eigenvalue weighted by atomic mass is 10.3. The standard InChI is InChI=1S/C11H26N2O2S2/c1-5-12-9-11(4)17(14,15)13-10(3)7-8-16-6-2/h10-13H,5-9H2,1-4H3. The SMILES string of the molecule is CCNCC(C)S(=O)(=O)NC(C)CCSCC. The summed E-state index contributed by atoms with van der Waals surface area (Å²) in [5.74, 6) is 2.08. The second kappa shape index (κ2) is 9.19. The molecule has 2 atom stereocenters. The molecule has 0 amide bonds. The van der Waals surface area contributed by atoms with Crippen LogP contribution in [-0.2, 0) is 10.0 Å². The number of hydrogen-bond acceptors (Lipinski definition) is 4. The molecule has 0 heterocycles. The molecule has 104 valence electrons. The fraction of sp³-hybridized carbons (Fsp3) is 1.00. The van der Waals surface area contributed by atoms with E-state index in [4.69, 9.17) is 0 Å². The van der Waals surface area contributed by atoms with E-state index in [-0.39, 0.29) is 11.3 Å². The highest BCUT2D eigenvalue weighted by molar-refractivity contribution is 7.99. The monoisotopic (exact) mass is 282 g/mol. The van der Waals surface area contributed by atoms with Crippen LogP contribution in [-0.4, -0.2) is 44.3 Å². The fourth-order valence-corrected chi connectivity index (χ4v) is 3.37. The first-order valence-electron chi connectivity index (χ1n) is 6.23. The minimum atomic E-state index is -3.19. The third kappa shape index (κ3) is 8.02. The number of thioether (sulfide) groups is 1. The molecule has 0 aliphatic rings. The zero-order valence-corrected chi connectivity index (χ0v) is 13.0. The van der Waals surface area contributed by atoms with Crippen molar-refractivity contribution < 1.29 is 8.42 Å². The van der Waals surface area contributed by atoms with Gasteiger partial charge in [0.15, 0.2) is 0 Å². The van der Waals surface area contributed by atoms with Crippen LogP contribution in [0.4, 0.5) is 0 Å². The van der Waals surface area contributed by atoms with Crippen LogP contribution in [0.2, 0.25) is 0 Å². The van der Waals surface area contributed by atoms with E-state index in [1.54, 1.807) is 6.92 Å². The predicted molar refractivity (Wildman–Crippen MR) is 77.1 cm³/mol. The van der Waals surface area contributed by atoms with Gasteiger partial charge in [0.05, 0.1) is 5.25 Å². The molecule has 0 rings (SSSR count). The Hall–Kier alpha value is 0.220. The number of hydrogen-bond donors (Lipinski definition) is 2. The highest BCUT2D eigenvalue weighted by atomic mass is 32.2. The molecular formula is C11H26N2O2S2. The van der Waals surface area contributed by atoms with Gasteiger partial charge in [-0.2, -0.15) is 11.8 Å². The molecule has 0 aliphatic carbocycles. The second-order valence-corrected chi connectivity index (χ2v) is 7.69. The van der Waals surface area contributed by atoms with Crippen molar-refractivity contribution in [2.45, 2.75) is 45.4 Å². The summed E-state index contributed by atoms with van der Waals surface area (Å²) in [6.45, 7) is 9.03. The number of rotatable bonds is 10. The first-order valence-corrected chi connectivity index (χ1v) is 8.93. The molecule has 17 heavy (non-hydrogen) atoms. The smallest absolute Gasteiger partial charge is 0.215 e. The van der Waals surface area contributed by atoms with Crippen molar-refractivity contribution in [2.75, 3.05) is 24.6 Å². The first-order chi connectivity index (χ1) is 7.94. The minimum Gasteiger partial charge on any atom is -0.316 e. The molecule has 0 saturated carbocycles. The molecule has 0 radical (unpaired) electrons. The maximum atomic E-state index is 11.9. The van der Waals surface area contributed by atoms with Gasteiger partial charge in [0.2, 0.25) is 10.0 Å². The molecular weight excluding hydrogens is 256 g/mol. The Bertz CT molecular complexity index is 281. The van der Waals surface area contributed by atoms with E-state index in [0.29, 0.717) is 6.54 Å². The molecule has 0 aromatic carbocycles. The van der Waals surface area contributed by atoms with Gasteiger partial charge in [0.25, 0.3) is 0 Å². The summed E-state index contributed by atoms with van der Waals surface area (Å²) in [6, 6.07) is 0.0168. The zero-order valence-electron chi connectivity index (χ0n) is 11.3. The Morgan fingerprint density at radius 3 is 2.41 bits per heavy atom. The van der Waals surface area contributed by atoms with Crippen LogP contribution in [0, 0.1) is 0 Å². The van der Waals surface area contributed by atoms with Crippen LogP contribution in [0.3, 0.4) is 0 Å². The summed E-state index contributed by atoms with van der Waals surface area (Å²) in [6.07, 6.45) is 0.881. The van der Waals surface area contributed by atoms with Crippen LogP contribution in [0.1, 0.15) is 34.1 Å². The van der Waals surface area contributed by atoms with Crippen LogP contribution < -0.4 is 10.0 Å². The van der Waals surface area contributed by atoms with Gasteiger partial charge in [-0.15, -0.1) is 0 Å². The Labute approximate surface area is 110 Å². The molecule has 0 fully saturated rings. The molecule has 0 aromatic heterocycles. The molecule has 0 saturated heterocycles. The van der Waals surface area contributed by atoms with Crippen molar-refractivity contribution in [3.05, 3.63) is 0 Å². The van der Waals surface area contributed by atoms with Crippen molar-refractivity contribution in [1.82, 2.24) is 10.0 Å². The lowest BCUT2D eigenvalue weighted by Crippen LogP contribution is -2.42. The average Bonchev–Trinajstić information content (AvgIpc) is 2.25. The number of sulfonamides is 1. The van der Waals surface area contributed by atoms with E-state index in [9.17, 15) is 8.42 Å². The van der Waals surface area contributed by atoms with Crippen molar-refractivity contribution in [3.63, 3.8) is 0 Å². The highest BCUT2D eigenvalue weighted by Gasteiger charge is 2.21. The van der Waals surface area contributed by atoms with E-state index in [0.717, 1.165) is 24.5 Å². The van der Waals surface area contributed by atoms with E-state index in [2.05, 4.69) is 17.0 Å². The van der Waals surface area contributed by atoms with Crippen molar-refractivity contribution in [2.24, 2.45) is 0 Å². The van der Waals surface area contributed by atoms with E-state index < -0.39 is 10.0 Å². The van der Waals surface area contributed by atoms with Crippen molar-refractivity contribution >= 4 is 21.8 Å². The van der Waals surface area contributed by atoms with E-state index in [1.807, 2.05) is 25.6 Å². The van der Waals surface area contributed by atoms with Crippen molar-refractivity contribution in [3.8, 4) is 0 Å². The Balaban J connectivity index is 4.05. The summed E-state index contributed by atoms with van der Waals surface area (Å²) in [5, 5.41) is 2.67. The Morgan fingerprint density at radius 1 is 1.24 bits per heavy atom. The van der Waals surface area contributed by atoms with Crippen LogP contribution >= 0.6 is 11.8 Å². The van der Waals surface area contributed by atoms with Gasteiger partial charge in [-0.25, -0.2) is 13.1 Å². The first kappa shape index (κ1) is 17.2. The van der Waals surface area contributed by atoms with Gasteiger partial charge in [0, 0.05) is 12.6 Å². The summed E-state index contributed by atoms with van der Waals surface area (Å²) in [5.41, 5.74) is 0. The third-order valence-electron chi connectivity index (χ3n) is 2.48. The molecule has 0 aromatic rings. The van der Waals surface area contributed by atoms with Crippen molar-refractivity contribution in [1.29, 1.82) is 0 Å². The largest absolute Gasteiger partial charge is 0.316 e. The summed E-state index contributed by atoms with van der Waals surface area (Å²) in [4.78, 5) is 0. The molecule has 0 spiro atoms. The van der Waals surface area contributed by atoms with Crippen LogP contribution in [0.15, 0.2) is 0 Å². The maximum Gasteiger partial charge on any atom is 0.215 e. The highest BCUT2D eigenvalue weighted by Crippen LogP contribution is 2.06. The van der Waals surface area contributed by atoms with E-state index >= 15 is 0 Å². The quantitative estimate of drug-likeness (QED) is 0.595. The van der Waals surface area contributed by atoms with Gasteiger partial charge >= 0.3 is 0 Å². The predicted octanol–water partition coefficient (Wildman–Crippen LogP) is 1.44. The Kier molecular flexibility index (Phi) is 9.31. The molecule has 0 bridgehead atoms. The molecule has 2 N–H and O–H groups in total. The lowest BCUT2D eigenvalue weighted by Gasteiger charge is -2.18. The van der Waals surface area contributed by atoms with Gasteiger partial charge in [-0.3, -0.25) is 0 Å². The Morgan fingerprint density at radius 2 is 1.88 bits per heavy atom. The van der Waals surface area contributed by atoms with E-state index in [1.165, 1.54) is 0 Å². The maximum absolute atomic E-state index is 11.9. The summed E-state index contributed by atoms with van der Waals surface area (Å²) < 4.78 is 26.6. The fourth-order valence-electron chi connectivity index (χ4n) is 1.32. The molecule has 0 aliphatic heterocycles. The van der Waals surface area contributed by atoms with Gasteiger partial charge < -0.3 is 5.32 Å². The zero-order chi connectivity index (χ0) is 13.3. The molecule has 6 heteroatoms. The second-order valence-electron chi connectivity index (χ2n) is 4.17. The van der Waals surface area contributed by atoms with Crippen LogP contribution in [0.25, 0.3) is 0 Å². The normalized spacial score (nSPS) is 15.8. The molecule has 2 unspecified atom stereocenters. The minimum absolute atomic E-state index is 0.0168. The molecule has 4 nitrogen and oxygen atoms in total. The van der Waals surface area contributed by atoms with Gasteiger partial charge in [-0.05, 0) is 38.3 Å². The number of nitrogens with one attached hydrogen (secondary N) is 2. The summed E-state index contributed by atoms with van der Waals surface area (Å²) >= 11 is 1.84. The summed E-state index contributed by atoms with van der Waals surface area (Å²) in [7, 11) is -3.19. The third-order valence-corrected chi connectivity index (χ3v) is 5.37. The lowest BCUT2D eigenvalue weighted by molar-refractivity contribution is 0.539. The average molecular weight is 282 g/mol.